The SMILES string of the molecule is COCCNC(N)=NCc1ccccc1OC(C)(C)C.I. The monoisotopic (exact) mass is 407 g/mol. The number of benzene rings is 1. The summed E-state index contributed by atoms with van der Waals surface area (Å²) in [7, 11) is 1.65. The largest absolute Gasteiger partial charge is 0.488 e. The van der Waals surface area contributed by atoms with Crippen molar-refractivity contribution in [1.82, 2.24) is 5.32 Å². The van der Waals surface area contributed by atoms with Crippen LogP contribution >= 0.6 is 24.0 Å². The van der Waals surface area contributed by atoms with Crippen molar-refractivity contribution in [3.05, 3.63) is 29.8 Å². The van der Waals surface area contributed by atoms with E-state index in [0.717, 1.165) is 11.3 Å². The van der Waals surface area contributed by atoms with Crippen LogP contribution in [0, 0.1) is 0 Å². The van der Waals surface area contributed by atoms with Crippen LogP contribution in [0.25, 0.3) is 0 Å². The second kappa shape index (κ2) is 9.83. The van der Waals surface area contributed by atoms with Crippen LogP contribution in [-0.4, -0.2) is 31.8 Å². The molecule has 1 rings (SSSR count). The lowest BCUT2D eigenvalue weighted by Crippen LogP contribution is -2.34. The van der Waals surface area contributed by atoms with E-state index in [0.29, 0.717) is 25.7 Å². The topological polar surface area (TPSA) is 68.9 Å². The van der Waals surface area contributed by atoms with Gasteiger partial charge in [-0.2, -0.15) is 0 Å². The molecule has 0 saturated heterocycles. The average Bonchev–Trinajstić information content (AvgIpc) is 2.36. The van der Waals surface area contributed by atoms with Gasteiger partial charge < -0.3 is 20.5 Å². The van der Waals surface area contributed by atoms with Gasteiger partial charge in [-0.1, -0.05) is 18.2 Å². The summed E-state index contributed by atoms with van der Waals surface area (Å²) in [6.45, 7) is 7.79. The van der Waals surface area contributed by atoms with Crippen molar-refractivity contribution in [2.45, 2.75) is 32.9 Å². The summed E-state index contributed by atoms with van der Waals surface area (Å²) in [5.41, 5.74) is 6.56. The maximum absolute atomic E-state index is 5.91. The van der Waals surface area contributed by atoms with E-state index in [2.05, 4.69) is 10.3 Å². The minimum Gasteiger partial charge on any atom is -0.488 e. The third-order valence-corrected chi connectivity index (χ3v) is 2.42. The molecular weight excluding hydrogens is 381 g/mol. The zero-order valence-corrected chi connectivity index (χ0v) is 15.5. The van der Waals surface area contributed by atoms with Gasteiger partial charge in [-0.05, 0) is 26.8 Å². The smallest absolute Gasteiger partial charge is 0.189 e. The molecule has 0 aromatic heterocycles. The van der Waals surface area contributed by atoms with Gasteiger partial charge in [0.1, 0.15) is 11.4 Å². The zero-order chi connectivity index (χ0) is 15.0. The van der Waals surface area contributed by atoms with Crippen molar-refractivity contribution in [1.29, 1.82) is 0 Å². The van der Waals surface area contributed by atoms with E-state index in [9.17, 15) is 0 Å². The van der Waals surface area contributed by atoms with Crippen LogP contribution in [0.15, 0.2) is 29.3 Å². The highest BCUT2D eigenvalue weighted by Gasteiger charge is 2.13. The van der Waals surface area contributed by atoms with Crippen molar-refractivity contribution < 1.29 is 9.47 Å². The molecule has 0 aliphatic rings. The summed E-state index contributed by atoms with van der Waals surface area (Å²) in [6.07, 6.45) is 0. The lowest BCUT2D eigenvalue weighted by Gasteiger charge is -2.23. The fourth-order valence-electron chi connectivity index (χ4n) is 1.57. The Morgan fingerprint density at radius 3 is 2.57 bits per heavy atom. The van der Waals surface area contributed by atoms with E-state index in [1.807, 2.05) is 45.0 Å². The number of ether oxygens (including phenoxy) is 2. The summed E-state index contributed by atoms with van der Waals surface area (Å²) in [5.74, 6) is 1.25. The Morgan fingerprint density at radius 1 is 1.29 bits per heavy atom. The molecule has 3 N–H and O–H groups in total. The molecule has 0 amide bonds. The molecule has 120 valence electrons. The van der Waals surface area contributed by atoms with E-state index >= 15 is 0 Å². The zero-order valence-electron chi connectivity index (χ0n) is 13.2. The van der Waals surface area contributed by atoms with Crippen molar-refractivity contribution >= 4 is 29.9 Å². The van der Waals surface area contributed by atoms with Crippen LogP contribution in [0.5, 0.6) is 5.75 Å². The van der Waals surface area contributed by atoms with Crippen molar-refractivity contribution in [2.24, 2.45) is 10.7 Å². The quantitative estimate of drug-likeness (QED) is 0.329. The Labute approximate surface area is 144 Å². The number of methoxy groups -OCH3 is 1. The van der Waals surface area contributed by atoms with Gasteiger partial charge in [0.05, 0.1) is 13.2 Å². The Kier molecular flexibility index (Phi) is 9.36. The predicted molar refractivity (Wildman–Crippen MR) is 97.4 cm³/mol. The summed E-state index contributed by atoms with van der Waals surface area (Å²) >= 11 is 0. The molecule has 5 nitrogen and oxygen atoms in total. The van der Waals surface area contributed by atoms with E-state index in [-0.39, 0.29) is 29.6 Å². The van der Waals surface area contributed by atoms with Gasteiger partial charge in [-0.3, -0.25) is 0 Å². The van der Waals surface area contributed by atoms with Gasteiger partial charge in [0.2, 0.25) is 0 Å². The average molecular weight is 407 g/mol. The number of hydrogen-bond acceptors (Lipinski definition) is 3. The number of nitrogens with two attached hydrogens (primary N) is 1. The number of halogens is 1. The fourth-order valence-corrected chi connectivity index (χ4v) is 1.57. The summed E-state index contributed by atoms with van der Waals surface area (Å²) in [5, 5.41) is 2.98. The van der Waals surface area contributed by atoms with Crippen LogP contribution in [0.4, 0.5) is 0 Å². The molecule has 0 saturated carbocycles. The molecule has 0 fully saturated rings. The molecule has 0 unspecified atom stereocenters. The highest BCUT2D eigenvalue weighted by atomic mass is 127. The summed E-state index contributed by atoms with van der Waals surface area (Å²) < 4.78 is 10.8. The van der Waals surface area contributed by atoms with E-state index < -0.39 is 0 Å². The molecule has 0 atom stereocenters. The van der Waals surface area contributed by atoms with E-state index in [1.54, 1.807) is 7.11 Å². The molecule has 0 aliphatic heterocycles. The first-order valence-electron chi connectivity index (χ1n) is 6.72. The van der Waals surface area contributed by atoms with Crippen molar-refractivity contribution in [2.75, 3.05) is 20.3 Å². The fraction of sp³-hybridized carbons (Fsp3) is 0.533. The number of nitrogens with zero attached hydrogens (tertiary/aromatic N) is 1. The molecule has 0 heterocycles. The van der Waals surface area contributed by atoms with Crippen molar-refractivity contribution in [3.8, 4) is 5.75 Å². The maximum Gasteiger partial charge on any atom is 0.189 e. The first-order chi connectivity index (χ1) is 9.42. The highest BCUT2D eigenvalue weighted by Crippen LogP contribution is 2.23. The molecule has 0 aliphatic carbocycles. The molecule has 0 bridgehead atoms. The number of hydrogen-bond donors (Lipinski definition) is 2. The Balaban J connectivity index is 0.00000400. The summed E-state index contributed by atoms with van der Waals surface area (Å²) in [4.78, 5) is 4.30. The first kappa shape index (κ1) is 20.0. The molecule has 0 spiro atoms. The van der Waals surface area contributed by atoms with Gasteiger partial charge in [0.25, 0.3) is 0 Å². The Morgan fingerprint density at radius 2 is 1.95 bits per heavy atom. The highest BCUT2D eigenvalue weighted by molar-refractivity contribution is 14.0. The number of guanidine groups is 1. The normalized spacial score (nSPS) is 11.7. The first-order valence-corrected chi connectivity index (χ1v) is 6.72. The molecule has 1 aromatic rings. The van der Waals surface area contributed by atoms with Gasteiger partial charge in [-0.15, -0.1) is 24.0 Å². The van der Waals surface area contributed by atoms with E-state index in [4.69, 9.17) is 15.2 Å². The Hall–Kier alpha value is -1.02. The van der Waals surface area contributed by atoms with Gasteiger partial charge >= 0.3 is 0 Å². The molecule has 21 heavy (non-hydrogen) atoms. The summed E-state index contributed by atoms with van der Waals surface area (Å²) in [6, 6.07) is 7.86. The maximum atomic E-state index is 5.91. The van der Waals surface area contributed by atoms with Gasteiger partial charge in [0.15, 0.2) is 5.96 Å². The molecular formula is C15H26IN3O2. The Bertz CT molecular complexity index is 445. The van der Waals surface area contributed by atoms with Gasteiger partial charge in [-0.25, -0.2) is 4.99 Å². The number of aliphatic imine (C=N–C) groups is 1. The lowest BCUT2D eigenvalue weighted by molar-refractivity contribution is 0.129. The van der Waals surface area contributed by atoms with Crippen molar-refractivity contribution in [3.63, 3.8) is 0 Å². The lowest BCUT2D eigenvalue weighted by atomic mass is 10.1. The standard InChI is InChI=1S/C15H25N3O2.HI/c1-15(2,3)20-13-8-6-5-7-12(13)11-18-14(16)17-9-10-19-4;/h5-8H,9-11H2,1-4H3,(H3,16,17,18);1H. The second-order valence-corrected chi connectivity index (χ2v) is 5.44. The number of nitrogens with one attached hydrogen (secondary N) is 1. The van der Waals surface area contributed by atoms with Crippen LogP contribution < -0.4 is 15.8 Å². The van der Waals surface area contributed by atoms with Crippen LogP contribution in [0.1, 0.15) is 26.3 Å². The molecule has 1 aromatic carbocycles. The third-order valence-electron chi connectivity index (χ3n) is 2.42. The van der Waals surface area contributed by atoms with Crippen LogP contribution in [0.3, 0.4) is 0 Å². The third kappa shape index (κ3) is 8.77. The minimum atomic E-state index is -0.234. The number of rotatable bonds is 6. The molecule has 6 heteroatoms. The minimum absolute atomic E-state index is 0. The predicted octanol–water partition coefficient (Wildman–Crippen LogP) is 2.53. The molecule has 0 radical (unpaired) electrons. The van der Waals surface area contributed by atoms with Crippen LogP contribution in [-0.2, 0) is 11.3 Å². The number of para-hydroxylation sites is 1. The van der Waals surface area contributed by atoms with E-state index in [1.165, 1.54) is 0 Å². The van der Waals surface area contributed by atoms with Gasteiger partial charge in [0, 0.05) is 19.2 Å². The second-order valence-electron chi connectivity index (χ2n) is 5.44. The van der Waals surface area contributed by atoms with Crippen LogP contribution in [0.2, 0.25) is 0 Å².